The number of benzene rings is 2. The summed E-state index contributed by atoms with van der Waals surface area (Å²) < 4.78 is 11.0. The van der Waals surface area contributed by atoms with Crippen LogP contribution in [0.4, 0.5) is 5.69 Å². The van der Waals surface area contributed by atoms with Gasteiger partial charge in [-0.25, -0.2) is 4.79 Å². The van der Waals surface area contributed by atoms with Gasteiger partial charge in [-0.1, -0.05) is 19.4 Å². The lowest BCUT2D eigenvalue weighted by atomic mass is 9.92. The predicted molar refractivity (Wildman–Crippen MR) is 113 cm³/mol. The molecule has 0 fully saturated rings. The summed E-state index contributed by atoms with van der Waals surface area (Å²) in [6.07, 6.45) is 5.83. The fourth-order valence-corrected chi connectivity index (χ4v) is 3.37. The number of unbranched alkanes of at least 4 members (excludes halogenated alkanes) is 1. The Hall–Kier alpha value is -2.82. The summed E-state index contributed by atoms with van der Waals surface area (Å²) in [6.45, 7) is 4.20. The number of hydrogen-bond acceptors (Lipinski definition) is 4. The molecule has 0 saturated carbocycles. The normalized spacial score (nSPS) is 13.9. The van der Waals surface area contributed by atoms with Crippen LogP contribution in [0.2, 0.25) is 0 Å². The Morgan fingerprint density at radius 3 is 2.48 bits per heavy atom. The Bertz CT molecular complexity index is 844. The van der Waals surface area contributed by atoms with E-state index in [0.29, 0.717) is 17.9 Å². The summed E-state index contributed by atoms with van der Waals surface area (Å²) in [5, 5.41) is 2.83. The van der Waals surface area contributed by atoms with Crippen molar-refractivity contribution in [3.63, 3.8) is 0 Å². The van der Waals surface area contributed by atoms with E-state index < -0.39 is 6.10 Å². The van der Waals surface area contributed by atoms with Crippen molar-refractivity contribution in [3.8, 4) is 5.75 Å². The van der Waals surface area contributed by atoms with Gasteiger partial charge in [0.2, 0.25) is 0 Å². The van der Waals surface area contributed by atoms with Crippen LogP contribution in [0.3, 0.4) is 0 Å². The van der Waals surface area contributed by atoms with Crippen LogP contribution in [-0.2, 0) is 22.4 Å². The number of rotatable bonds is 8. The van der Waals surface area contributed by atoms with Crippen LogP contribution in [0, 0.1) is 0 Å². The molecule has 3 rings (SSSR count). The van der Waals surface area contributed by atoms with E-state index in [0.717, 1.165) is 31.4 Å². The number of fused-ring (bicyclic) bond motifs is 1. The molecule has 0 spiro atoms. The molecule has 2 aromatic rings. The van der Waals surface area contributed by atoms with Crippen LogP contribution < -0.4 is 10.1 Å². The number of ether oxygens (including phenoxy) is 2. The zero-order chi connectivity index (χ0) is 20.6. The number of nitrogens with one attached hydrogen (secondary N) is 1. The predicted octanol–water partition coefficient (Wildman–Crippen LogP) is 4.93. The van der Waals surface area contributed by atoms with Crippen LogP contribution in [0.1, 0.15) is 61.0 Å². The van der Waals surface area contributed by atoms with E-state index in [1.807, 2.05) is 13.0 Å². The van der Waals surface area contributed by atoms with Crippen molar-refractivity contribution >= 4 is 17.6 Å². The Balaban J connectivity index is 1.53. The molecule has 29 heavy (non-hydrogen) atoms. The number of aryl methyl sites for hydroxylation is 2. The van der Waals surface area contributed by atoms with Crippen LogP contribution in [0.15, 0.2) is 42.5 Å². The van der Waals surface area contributed by atoms with Crippen LogP contribution in [0.5, 0.6) is 5.75 Å². The van der Waals surface area contributed by atoms with Crippen molar-refractivity contribution < 1.29 is 19.1 Å². The Kier molecular flexibility index (Phi) is 7.28. The van der Waals surface area contributed by atoms with E-state index in [-0.39, 0.29) is 11.9 Å². The fraction of sp³-hybridized carbons (Fsp3) is 0.417. The van der Waals surface area contributed by atoms with Gasteiger partial charge < -0.3 is 14.8 Å². The molecular formula is C24H29NO4. The first-order valence-electron chi connectivity index (χ1n) is 10.4. The van der Waals surface area contributed by atoms with Gasteiger partial charge in [0.1, 0.15) is 5.75 Å². The molecule has 154 valence electrons. The Morgan fingerprint density at radius 1 is 1.03 bits per heavy atom. The van der Waals surface area contributed by atoms with Gasteiger partial charge in [0.15, 0.2) is 6.10 Å². The quantitative estimate of drug-likeness (QED) is 0.508. The lowest BCUT2D eigenvalue weighted by Gasteiger charge is -2.19. The molecule has 5 heteroatoms. The number of carbonyl (C=O) groups is 2. The lowest BCUT2D eigenvalue weighted by molar-refractivity contribution is -0.122. The van der Waals surface area contributed by atoms with E-state index in [1.165, 1.54) is 24.0 Å². The monoisotopic (exact) mass is 395 g/mol. The highest BCUT2D eigenvalue weighted by atomic mass is 16.5. The van der Waals surface area contributed by atoms with Gasteiger partial charge >= 0.3 is 5.97 Å². The lowest BCUT2D eigenvalue weighted by Crippen LogP contribution is -2.30. The first-order valence-corrected chi connectivity index (χ1v) is 10.4. The second kappa shape index (κ2) is 10.1. The third kappa shape index (κ3) is 5.83. The highest BCUT2D eigenvalue weighted by Crippen LogP contribution is 2.26. The van der Waals surface area contributed by atoms with Gasteiger partial charge in [0.05, 0.1) is 12.2 Å². The Morgan fingerprint density at radius 2 is 1.76 bits per heavy atom. The van der Waals surface area contributed by atoms with Crippen molar-refractivity contribution in [1.29, 1.82) is 0 Å². The van der Waals surface area contributed by atoms with Crippen LogP contribution in [0.25, 0.3) is 0 Å². The van der Waals surface area contributed by atoms with Crippen LogP contribution in [-0.4, -0.2) is 24.6 Å². The van der Waals surface area contributed by atoms with E-state index in [1.54, 1.807) is 31.2 Å². The SMILES string of the molecule is CCCCOC(=O)c1ccc(NC(=O)C(C)Oc2ccc3c(c2)CCCC3)cc1. The third-order valence-electron chi connectivity index (χ3n) is 5.12. The summed E-state index contributed by atoms with van der Waals surface area (Å²) in [5.74, 6) is 0.139. The molecule has 0 aliphatic heterocycles. The number of carbonyl (C=O) groups excluding carboxylic acids is 2. The minimum absolute atomic E-state index is 0.235. The minimum Gasteiger partial charge on any atom is -0.481 e. The molecule has 1 N–H and O–H groups in total. The van der Waals surface area contributed by atoms with Crippen molar-refractivity contribution in [2.24, 2.45) is 0 Å². The van der Waals surface area contributed by atoms with Crippen molar-refractivity contribution in [2.45, 2.75) is 58.5 Å². The Labute approximate surface area is 172 Å². The maximum atomic E-state index is 12.5. The topological polar surface area (TPSA) is 64.6 Å². The minimum atomic E-state index is -0.629. The third-order valence-corrected chi connectivity index (χ3v) is 5.12. The average molecular weight is 395 g/mol. The van der Waals surface area contributed by atoms with Crippen molar-refractivity contribution in [3.05, 3.63) is 59.2 Å². The number of esters is 1. The summed E-state index contributed by atoms with van der Waals surface area (Å²) >= 11 is 0. The number of anilines is 1. The molecule has 0 aromatic heterocycles. The molecule has 2 aromatic carbocycles. The highest BCUT2D eigenvalue weighted by molar-refractivity contribution is 5.95. The van der Waals surface area contributed by atoms with Gasteiger partial charge in [-0.3, -0.25) is 4.79 Å². The number of hydrogen-bond donors (Lipinski definition) is 1. The molecule has 1 aliphatic rings. The summed E-state index contributed by atoms with van der Waals surface area (Å²) in [4.78, 5) is 24.4. The molecule has 1 atom stereocenters. The first-order chi connectivity index (χ1) is 14.1. The molecule has 0 heterocycles. The van der Waals surface area contributed by atoms with Gasteiger partial charge in [-0.05, 0) is 86.6 Å². The molecular weight excluding hydrogens is 366 g/mol. The molecule has 1 unspecified atom stereocenters. The fourth-order valence-electron chi connectivity index (χ4n) is 3.37. The molecule has 1 amide bonds. The number of amides is 1. The van der Waals surface area contributed by atoms with Gasteiger partial charge in [-0.15, -0.1) is 0 Å². The first kappa shape index (κ1) is 20.9. The summed E-state index contributed by atoms with van der Waals surface area (Å²) in [6, 6.07) is 12.8. The standard InChI is InChI=1S/C24H29NO4/c1-3-4-15-28-24(27)19-9-12-21(13-10-19)25-23(26)17(2)29-22-14-11-18-7-5-6-8-20(18)16-22/h9-14,16-17H,3-8,15H2,1-2H3,(H,25,26). The summed E-state index contributed by atoms with van der Waals surface area (Å²) in [7, 11) is 0. The largest absolute Gasteiger partial charge is 0.481 e. The van der Waals surface area contributed by atoms with E-state index in [4.69, 9.17) is 9.47 Å². The van der Waals surface area contributed by atoms with Gasteiger partial charge in [0, 0.05) is 5.69 Å². The molecule has 0 saturated heterocycles. The van der Waals surface area contributed by atoms with Gasteiger partial charge in [-0.2, -0.15) is 0 Å². The molecule has 0 radical (unpaired) electrons. The zero-order valence-electron chi connectivity index (χ0n) is 17.2. The molecule has 0 bridgehead atoms. The second-order valence-corrected chi connectivity index (χ2v) is 7.45. The van der Waals surface area contributed by atoms with Crippen LogP contribution >= 0.6 is 0 Å². The second-order valence-electron chi connectivity index (χ2n) is 7.45. The van der Waals surface area contributed by atoms with E-state index in [2.05, 4.69) is 17.4 Å². The highest BCUT2D eigenvalue weighted by Gasteiger charge is 2.17. The van der Waals surface area contributed by atoms with Gasteiger partial charge in [0.25, 0.3) is 5.91 Å². The van der Waals surface area contributed by atoms with E-state index >= 15 is 0 Å². The zero-order valence-corrected chi connectivity index (χ0v) is 17.2. The van der Waals surface area contributed by atoms with Crippen molar-refractivity contribution in [1.82, 2.24) is 0 Å². The van der Waals surface area contributed by atoms with E-state index in [9.17, 15) is 9.59 Å². The summed E-state index contributed by atoms with van der Waals surface area (Å²) in [5.41, 5.74) is 3.79. The van der Waals surface area contributed by atoms with Crippen molar-refractivity contribution in [2.75, 3.05) is 11.9 Å². The average Bonchev–Trinajstić information content (AvgIpc) is 2.74. The molecule has 1 aliphatic carbocycles. The molecule has 5 nitrogen and oxygen atoms in total. The maximum Gasteiger partial charge on any atom is 0.338 e. The maximum absolute atomic E-state index is 12.5. The smallest absolute Gasteiger partial charge is 0.338 e.